The van der Waals surface area contributed by atoms with Gasteiger partial charge in [0.15, 0.2) is 0 Å². The van der Waals surface area contributed by atoms with Crippen LogP contribution in [0.3, 0.4) is 0 Å². The predicted octanol–water partition coefficient (Wildman–Crippen LogP) is 8.14. The van der Waals surface area contributed by atoms with E-state index in [0.29, 0.717) is 0 Å². The fourth-order valence-corrected chi connectivity index (χ4v) is 6.60. The normalized spacial score (nSPS) is 19.5. The molecule has 2 aliphatic rings. The van der Waals surface area contributed by atoms with Crippen molar-refractivity contribution in [2.75, 3.05) is 4.90 Å². The Morgan fingerprint density at radius 2 is 1.26 bits per heavy atom. The zero-order valence-electron chi connectivity index (χ0n) is 21.6. The van der Waals surface area contributed by atoms with Crippen molar-refractivity contribution in [2.24, 2.45) is 0 Å². The van der Waals surface area contributed by atoms with Crippen LogP contribution < -0.4 is 4.90 Å². The number of fused-ring (bicyclic) bond motifs is 6. The van der Waals surface area contributed by atoms with E-state index in [2.05, 4.69) is 126 Å². The molecular formula is C35H26N4. The Balaban J connectivity index is 1.39. The van der Waals surface area contributed by atoms with Gasteiger partial charge in [0.2, 0.25) is 0 Å². The Morgan fingerprint density at radius 1 is 0.641 bits per heavy atom. The summed E-state index contributed by atoms with van der Waals surface area (Å²) >= 11 is 0. The first-order chi connectivity index (χ1) is 19.3. The van der Waals surface area contributed by atoms with Crippen molar-refractivity contribution in [3.63, 3.8) is 0 Å². The van der Waals surface area contributed by atoms with Crippen LogP contribution in [-0.4, -0.2) is 20.6 Å². The summed E-state index contributed by atoms with van der Waals surface area (Å²) in [5.41, 5.74) is 6.78. The summed E-state index contributed by atoms with van der Waals surface area (Å²) in [6.45, 7) is 2.33. The summed E-state index contributed by atoms with van der Waals surface area (Å²) < 4.78 is 2.29. The fourth-order valence-electron chi connectivity index (χ4n) is 6.60. The summed E-state index contributed by atoms with van der Waals surface area (Å²) in [4.78, 5) is 12.4. The average Bonchev–Trinajstić information content (AvgIpc) is 3.47. The van der Waals surface area contributed by atoms with Crippen LogP contribution >= 0.6 is 0 Å². The maximum atomic E-state index is 5.04. The molecule has 4 heterocycles. The smallest absolute Gasteiger partial charge is 0.145 e. The number of benzene rings is 3. The van der Waals surface area contributed by atoms with Crippen LogP contribution in [0.4, 0.5) is 11.5 Å². The van der Waals surface area contributed by atoms with Gasteiger partial charge in [-0.3, -0.25) is 4.57 Å². The zero-order valence-corrected chi connectivity index (χ0v) is 21.6. The van der Waals surface area contributed by atoms with Crippen LogP contribution in [0, 0.1) is 0 Å². The van der Waals surface area contributed by atoms with Gasteiger partial charge in [0, 0.05) is 45.4 Å². The molecule has 2 atom stereocenters. The van der Waals surface area contributed by atoms with E-state index in [1.807, 2.05) is 24.5 Å². The van der Waals surface area contributed by atoms with E-state index < -0.39 is 0 Å². The summed E-state index contributed by atoms with van der Waals surface area (Å²) in [7, 11) is 0. The first-order valence-electron chi connectivity index (χ1n) is 13.4. The van der Waals surface area contributed by atoms with Gasteiger partial charge in [0.1, 0.15) is 11.6 Å². The molecule has 8 rings (SSSR count). The molecule has 2 unspecified atom stereocenters. The van der Waals surface area contributed by atoms with Crippen LogP contribution in [-0.2, 0) is 5.41 Å². The van der Waals surface area contributed by atoms with Crippen LogP contribution in [0.5, 0.6) is 0 Å². The van der Waals surface area contributed by atoms with Gasteiger partial charge in [-0.05, 0) is 55.0 Å². The molecule has 3 aromatic heterocycles. The second kappa shape index (κ2) is 8.27. The molecule has 4 heteroatoms. The number of nitrogens with zero attached hydrogens (tertiary/aromatic N) is 4. The highest BCUT2D eigenvalue weighted by Gasteiger charge is 2.47. The number of pyridine rings is 2. The topological polar surface area (TPSA) is 34.0 Å². The molecule has 0 amide bonds. The lowest BCUT2D eigenvalue weighted by Crippen LogP contribution is -2.39. The monoisotopic (exact) mass is 502 g/mol. The third-order valence-corrected chi connectivity index (χ3v) is 8.37. The maximum absolute atomic E-state index is 5.04. The minimum Gasteiger partial charge on any atom is -0.317 e. The Morgan fingerprint density at radius 3 is 2.00 bits per heavy atom. The molecule has 1 aliphatic carbocycles. The largest absolute Gasteiger partial charge is 0.317 e. The molecule has 0 radical (unpaired) electrons. The summed E-state index contributed by atoms with van der Waals surface area (Å²) in [5, 5.41) is 2.44. The van der Waals surface area contributed by atoms with E-state index in [1.165, 1.54) is 22.0 Å². The SMILES string of the molecule is CC12C=CC=CC1N(c1ncccc1-c1cccnc1-n1c3ccccc3c3ccccc31)c1ccccc12. The second-order valence-electron chi connectivity index (χ2n) is 10.5. The molecule has 6 aromatic rings. The number of hydrogen-bond acceptors (Lipinski definition) is 3. The van der Waals surface area contributed by atoms with Crippen molar-refractivity contribution in [3.8, 4) is 16.9 Å². The van der Waals surface area contributed by atoms with Gasteiger partial charge in [-0.1, -0.05) is 78.9 Å². The minimum absolute atomic E-state index is 0.127. The predicted molar refractivity (Wildman–Crippen MR) is 160 cm³/mol. The molecule has 0 fully saturated rings. The number of aromatic nitrogens is 3. The molecule has 4 nitrogen and oxygen atoms in total. The van der Waals surface area contributed by atoms with E-state index in [0.717, 1.165) is 33.8 Å². The van der Waals surface area contributed by atoms with E-state index in [1.54, 1.807) is 0 Å². The number of para-hydroxylation sites is 3. The lowest BCUT2D eigenvalue weighted by atomic mass is 9.76. The van der Waals surface area contributed by atoms with Gasteiger partial charge in [-0.15, -0.1) is 0 Å². The summed E-state index contributed by atoms with van der Waals surface area (Å²) in [6, 6.07) is 34.4. The quantitative estimate of drug-likeness (QED) is 0.245. The van der Waals surface area contributed by atoms with Crippen molar-refractivity contribution in [1.29, 1.82) is 0 Å². The van der Waals surface area contributed by atoms with Crippen molar-refractivity contribution >= 4 is 33.3 Å². The number of allylic oxidation sites excluding steroid dienone is 2. The van der Waals surface area contributed by atoms with Gasteiger partial charge in [-0.2, -0.15) is 0 Å². The van der Waals surface area contributed by atoms with E-state index in [4.69, 9.17) is 9.97 Å². The molecule has 3 aromatic carbocycles. The zero-order chi connectivity index (χ0) is 26.0. The van der Waals surface area contributed by atoms with E-state index in [-0.39, 0.29) is 11.5 Å². The van der Waals surface area contributed by atoms with E-state index in [9.17, 15) is 0 Å². The van der Waals surface area contributed by atoms with Gasteiger partial charge < -0.3 is 4.90 Å². The van der Waals surface area contributed by atoms with Crippen molar-refractivity contribution < 1.29 is 0 Å². The molecule has 0 saturated heterocycles. The highest BCUT2D eigenvalue weighted by Crippen LogP contribution is 2.52. The van der Waals surface area contributed by atoms with Crippen molar-refractivity contribution in [1.82, 2.24) is 14.5 Å². The standard InChI is InChI=1S/C35H26N4/c1-35-21-9-8-20-32(35)39(31-19-7-4-16-28(31)35)34-27(15-11-23-37-34)26-14-10-22-36-33(26)38-29-17-5-2-12-24(29)25-13-3-6-18-30(25)38/h2-23,32H,1H3. The van der Waals surface area contributed by atoms with Crippen LogP contribution in [0.15, 0.2) is 134 Å². The maximum Gasteiger partial charge on any atom is 0.145 e. The van der Waals surface area contributed by atoms with Gasteiger partial charge >= 0.3 is 0 Å². The Hall–Kier alpha value is -4.96. The average molecular weight is 503 g/mol. The molecule has 1 aliphatic heterocycles. The van der Waals surface area contributed by atoms with Crippen LogP contribution in [0.1, 0.15) is 12.5 Å². The van der Waals surface area contributed by atoms with Crippen LogP contribution in [0.25, 0.3) is 38.8 Å². The lowest BCUT2D eigenvalue weighted by molar-refractivity contribution is 0.549. The van der Waals surface area contributed by atoms with Crippen LogP contribution in [0.2, 0.25) is 0 Å². The number of anilines is 2. The lowest BCUT2D eigenvalue weighted by Gasteiger charge is -2.34. The summed E-state index contributed by atoms with van der Waals surface area (Å²) in [6.07, 6.45) is 12.7. The number of hydrogen-bond donors (Lipinski definition) is 0. The molecular weight excluding hydrogens is 476 g/mol. The summed E-state index contributed by atoms with van der Waals surface area (Å²) in [5.74, 6) is 1.84. The second-order valence-corrected chi connectivity index (χ2v) is 10.5. The third-order valence-electron chi connectivity index (χ3n) is 8.37. The van der Waals surface area contributed by atoms with Gasteiger partial charge in [0.25, 0.3) is 0 Å². The molecule has 186 valence electrons. The third kappa shape index (κ3) is 3.06. The molecule has 0 saturated carbocycles. The number of rotatable bonds is 3. The molecule has 0 spiro atoms. The molecule has 0 N–H and O–H groups in total. The molecule has 39 heavy (non-hydrogen) atoms. The van der Waals surface area contributed by atoms with Gasteiger partial charge in [-0.25, -0.2) is 9.97 Å². The van der Waals surface area contributed by atoms with Gasteiger partial charge in [0.05, 0.1) is 17.1 Å². The highest BCUT2D eigenvalue weighted by atomic mass is 15.3. The van der Waals surface area contributed by atoms with Crippen molar-refractivity contribution in [2.45, 2.75) is 18.4 Å². The first kappa shape index (κ1) is 22.1. The first-order valence-corrected chi connectivity index (χ1v) is 13.4. The Kier molecular flexibility index (Phi) is 4.68. The Bertz CT molecular complexity index is 1910. The Labute approximate surface area is 227 Å². The fraction of sp³-hybridized carbons (Fsp3) is 0.0857. The van der Waals surface area contributed by atoms with Crippen molar-refractivity contribution in [3.05, 3.63) is 139 Å². The van der Waals surface area contributed by atoms with E-state index >= 15 is 0 Å². The molecule has 0 bridgehead atoms. The highest BCUT2D eigenvalue weighted by molar-refractivity contribution is 6.09. The minimum atomic E-state index is -0.134.